The molecule has 372 valence electrons. The molecule has 0 spiro atoms. The van der Waals surface area contributed by atoms with Gasteiger partial charge in [0.25, 0.3) is 0 Å². The van der Waals surface area contributed by atoms with Gasteiger partial charge in [-0.2, -0.15) is 0 Å². The zero-order chi connectivity index (χ0) is 52.7. The Morgan fingerprint density at radius 2 is 0.762 bits per heavy atom. The Morgan fingerprint density at radius 1 is 0.250 bits per heavy atom. The summed E-state index contributed by atoms with van der Waals surface area (Å²) in [6.45, 7) is 0. The fourth-order valence-electron chi connectivity index (χ4n) is 12.2. The van der Waals surface area contributed by atoms with Crippen molar-refractivity contribution in [3.63, 3.8) is 0 Å². The second-order valence-corrected chi connectivity index (χ2v) is 20.7. The Balaban J connectivity index is 0.913. The zero-order valence-electron chi connectivity index (χ0n) is 43.3. The van der Waals surface area contributed by atoms with Gasteiger partial charge >= 0.3 is 0 Å². The Kier molecular flexibility index (Phi) is 10.5. The van der Waals surface area contributed by atoms with E-state index in [2.05, 4.69) is 278 Å². The first-order valence-electron chi connectivity index (χ1n) is 27.1. The largest absolute Gasteiger partial charge is 0.456 e. The second kappa shape index (κ2) is 18.5. The first kappa shape index (κ1) is 45.4. The van der Waals surface area contributed by atoms with Crippen molar-refractivity contribution in [1.29, 1.82) is 0 Å². The van der Waals surface area contributed by atoms with Gasteiger partial charge in [-0.3, -0.25) is 0 Å². The minimum absolute atomic E-state index is 0.561. The van der Waals surface area contributed by atoms with Gasteiger partial charge in [-0.1, -0.05) is 237 Å². The third kappa shape index (κ3) is 7.59. The molecule has 0 aliphatic carbocycles. The molecule has 0 radical (unpaired) electrons. The van der Waals surface area contributed by atoms with Gasteiger partial charge < -0.3 is 8.98 Å². The quantitative estimate of drug-likeness (QED) is 0.152. The molecule has 0 fully saturated rings. The highest BCUT2D eigenvalue weighted by atomic mass is 16.3. The van der Waals surface area contributed by atoms with E-state index in [9.17, 15) is 0 Å². The number of rotatable bonds is 8. The van der Waals surface area contributed by atoms with E-state index in [1.54, 1.807) is 0 Å². The number of nitrogens with zero attached hydrogens (tertiary/aromatic N) is 4. The second-order valence-electron chi connectivity index (χ2n) is 20.7. The van der Waals surface area contributed by atoms with Crippen LogP contribution in [-0.4, -0.2) is 19.5 Å². The lowest BCUT2D eigenvalue weighted by atomic mass is 9.92. The van der Waals surface area contributed by atoms with E-state index in [4.69, 9.17) is 19.4 Å². The van der Waals surface area contributed by atoms with Crippen molar-refractivity contribution in [2.24, 2.45) is 0 Å². The zero-order valence-corrected chi connectivity index (χ0v) is 43.3. The van der Waals surface area contributed by atoms with Gasteiger partial charge in [0, 0.05) is 49.9 Å². The van der Waals surface area contributed by atoms with Gasteiger partial charge in [0.05, 0.1) is 16.7 Å². The van der Waals surface area contributed by atoms with Crippen molar-refractivity contribution in [3.8, 4) is 84.4 Å². The average molecular weight is 1020 g/mol. The number of hydrogen-bond donors (Lipinski definition) is 0. The Bertz CT molecular complexity index is 5110. The summed E-state index contributed by atoms with van der Waals surface area (Å²) in [6.07, 6.45) is 0. The Labute approximate surface area is 461 Å². The van der Waals surface area contributed by atoms with E-state index >= 15 is 0 Å². The minimum Gasteiger partial charge on any atom is -0.456 e. The molecule has 16 aromatic rings. The summed E-state index contributed by atoms with van der Waals surface area (Å²) in [7, 11) is 0. The molecule has 0 N–H and O–H groups in total. The molecule has 5 heteroatoms. The van der Waals surface area contributed by atoms with Gasteiger partial charge in [0.15, 0.2) is 17.5 Å². The number of hydrogen-bond acceptors (Lipinski definition) is 4. The van der Waals surface area contributed by atoms with Crippen LogP contribution in [0, 0.1) is 0 Å². The summed E-state index contributed by atoms with van der Waals surface area (Å²) < 4.78 is 9.48. The Morgan fingerprint density at radius 3 is 1.52 bits per heavy atom. The lowest BCUT2D eigenvalue weighted by Gasteiger charge is -2.16. The first-order valence-corrected chi connectivity index (χ1v) is 27.1. The Hall–Kier alpha value is -10.8. The molecule has 0 bridgehead atoms. The highest BCUT2D eigenvalue weighted by molar-refractivity contribution is 6.17. The van der Waals surface area contributed by atoms with E-state index in [0.717, 1.165) is 88.4 Å². The van der Waals surface area contributed by atoms with E-state index in [1.807, 2.05) is 6.07 Å². The van der Waals surface area contributed by atoms with Crippen molar-refractivity contribution in [1.82, 2.24) is 19.5 Å². The molecule has 16 rings (SSSR count). The predicted molar refractivity (Wildman–Crippen MR) is 332 cm³/mol. The normalized spacial score (nSPS) is 11.8. The number of furan rings is 1. The monoisotopic (exact) mass is 1020 g/mol. The molecule has 0 saturated heterocycles. The molecule has 3 heterocycles. The maximum Gasteiger partial charge on any atom is 0.164 e. The molecule has 5 nitrogen and oxygen atoms in total. The highest BCUT2D eigenvalue weighted by Gasteiger charge is 2.23. The van der Waals surface area contributed by atoms with Crippen LogP contribution < -0.4 is 0 Å². The van der Waals surface area contributed by atoms with Crippen LogP contribution in [-0.2, 0) is 0 Å². The topological polar surface area (TPSA) is 56.7 Å². The average Bonchev–Trinajstić information content (AvgIpc) is 4.28. The van der Waals surface area contributed by atoms with Crippen molar-refractivity contribution in [2.75, 3.05) is 0 Å². The molecule has 0 unspecified atom stereocenters. The molecule has 0 saturated carbocycles. The molecule has 13 aromatic carbocycles. The molecule has 3 aromatic heterocycles. The van der Waals surface area contributed by atoms with Crippen LogP contribution in [0.5, 0.6) is 0 Å². The number of aromatic nitrogens is 4. The van der Waals surface area contributed by atoms with Crippen LogP contribution in [0.2, 0.25) is 0 Å². The summed E-state index contributed by atoms with van der Waals surface area (Å²) >= 11 is 0. The summed E-state index contributed by atoms with van der Waals surface area (Å²) in [5.74, 6) is 1.74. The van der Waals surface area contributed by atoms with Crippen molar-refractivity contribution >= 4 is 76.1 Å². The van der Waals surface area contributed by atoms with Crippen LogP contribution >= 0.6 is 0 Å². The van der Waals surface area contributed by atoms with Crippen LogP contribution in [0.15, 0.2) is 283 Å². The third-order valence-corrected chi connectivity index (χ3v) is 16.0. The number of para-hydroxylation sites is 1. The van der Waals surface area contributed by atoms with Crippen LogP contribution in [0.25, 0.3) is 160 Å². The van der Waals surface area contributed by atoms with Gasteiger partial charge in [-0.05, 0) is 108 Å². The lowest BCUT2D eigenvalue weighted by Crippen LogP contribution is -2.00. The molecular formula is C75H46N4O. The van der Waals surface area contributed by atoms with Crippen molar-refractivity contribution < 1.29 is 4.42 Å². The maximum absolute atomic E-state index is 7.05. The minimum atomic E-state index is 0.561. The number of benzene rings is 13. The van der Waals surface area contributed by atoms with Crippen LogP contribution in [0.1, 0.15) is 0 Å². The fourth-order valence-corrected chi connectivity index (χ4v) is 12.2. The summed E-state index contributed by atoms with van der Waals surface area (Å²) in [6, 6.07) is 99.7. The van der Waals surface area contributed by atoms with Crippen molar-refractivity contribution in [3.05, 3.63) is 279 Å². The summed E-state index contributed by atoms with van der Waals surface area (Å²) in [4.78, 5) is 16.0. The summed E-state index contributed by atoms with van der Waals surface area (Å²) in [5.41, 5.74) is 16.6. The smallest absolute Gasteiger partial charge is 0.164 e. The molecule has 0 aliphatic heterocycles. The maximum atomic E-state index is 7.05. The van der Waals surface area contributed by atoms with E-state index in [0.29, 0.717) is 17.5 Å². The molecule has 0 amide bonds. The van der Waals surface area contributed by atoms with Gasteiger partial charge in [0.2, 0.25) is 0 Å². The van der Waals surface area contributed by atoms with Crippen molar-refractivity contribution in [2.45, 2.75) is 0 Å². The van der Waals surface area contributed by atoms with Gasteiger partial charge in [-0.25, -0.2) is 15.0 Å². The number of fused-ring (bicyclic) bond motifs is 9. The van der Waals surface area contributed by atoms with Crippen LogP contribution in [0.4, 0.5) is 0 Å². The summed E-state index contributed by atoms with van der Waals surface area (Å²) in [5, 5.41) is 11.4. The van der Waals surface area contributed by atoms with Gasteiger partial charge in [-0.15, -0.1) is 0 Å². The highest BCUT2D eigenvalue weighted by Crippen LogP contribution is 2.45. The molecule has 80 heavy (non-hydrogen) atoms. The molecule has 0 aliphatic rings. The lowest BCUT2D eigenvalue weighted by molar-refractivity contribution is 0.668. The predicted octanol–water partition coefficient (Wildman–Crippen LogP) is 20.0. The van der Waals surface area contributed by atoms with E-state index < -0.39 is 0 Å². The fraction of sp³-hybridized carbons (Fsp3) is 0. The van der Waals surface area contributed by atoms with Crippen LogP contribution in [0.3, 0.4) is 0 Å². The van der Waals surface area contributed by atoms with E-state index in [1.165, 1.54) is 54.6 Å². The third-order valence-electron chi connectivity index (χ3n) is 16.0. The molecule has 0 atom stereocenters. The standard InChI is InChI=1S/C75H46N4O/c1-2-17-48(18-3-1)58-25-10-11-26-60(58)50-33-35-52(36-34-50)64-45-66-71(46-69(64)79-67-30-13-12-27-62(67)65-43-55-21-6-7-22-56(55)44-68(65)79)80-70-31-15-29-63(72(66)70)75-77-73(76-74(78-75)57-41-32-47-16-4-5-20-54(47)42-57)53-39-37-51(38-40-53)61-28-14-23-49-19-8-9-24-59(49)61/h1-46H. The SMILES string of the molecule is c1ccc(-c2ccccc2-c2ccc(-c3cc4c(cc3-n3c5ccccc5c5cc6ccccc6cc53)oc3cccc(-c5nc(-c6ccc(-c7cccc8ccccc78)cc6)nc(-c6ccc7ccccc7c6)n5)c34)cc2)cc1. The van der Waals surface area contributed by atoms with E-state index in [-0.39, 0.29) is 0 Å². The first-order chi connectivity index (χ1) is 39.6. The molecular weight excluding hydrogens is 973 g/mol. The van der Waals surface area contributed by atoms with Gasteiger partial charge in [0.1, 0.15) is 11.2 Å².